The second kappa shape index (κ2) is 9.91. The molecule has 196 valence electrons. The monoisotopic (exact) mass is 507 g/mol. The maximum atomic E-state index is 13.5. The van der Waals surface area contributed by atoms with E-state index in [1.807, 2.05) is 57.3 Å². The number of imidazole rings is 1. The molecule has 3 heterocycles. The average Bonchev–Trinajstić information content (AvgIpc) is 3.60. The molecule has 1 aliphatic heterocycles. The number of carboxylic acid groups (broad SMARTS) is 1. The molecule has 3 aromatic rings. The van der Waals surface area contributed by atoms with Crippen LogP contribution in [0.5, 0.6) is 5.88 Å². The Bertz CT molecular complexity index is 1280. The number of anilines is 1. The van der Waals surface area contributed by atoms with Crippen molar-refractivity contribution in [1.29, 1.82) is 0 Å². The molecule has 1 atom stereocenters. The Balaban J connectivity index is 1.56. The van der Waals surface area contributed by atoms with E-state index in [-0.39, 0.29) is 19.2 Å². The van der Waals surface area contributed by atoms with Gasteiger partial charge in [-0.05, 0) is 52.0 Å². The summed E-state index contributed by atoms with van der Waals surface area (Å²) >= 11 is 0. The average molecular weight is 508 g/mol. The van der Waals surface area contributed by atoms with E-state index in [2.05, 4.69) is 4.98 Å². The van der Waals surface area contributed by atoms with Gasteiger partial charge in [0.25, 0.3) is 0 Å². The highest BCUT2D eigenvalue weighted by molar-refractivity contribution is 5.92. The zero-order valence-corrected chi connectivity index (χ0v) is 21.5. The first-order valence-electron chi connectivity index (χ1n) is 12.8. The third-order valence-electron chi connectivity index (χ3n) is 6.47. The van der Waals surface area contributed by atoms with Crippen LogP contribution < -0.4 is 9.64 Å². The topological polar surface area (TPSA) is 110 Å². The number of amides is 2. The van der Waals surface area contributed by atoms with Crippen molar-refractivity contribution in [2.24, 2.45) is 0 Å². The molecule has 1 unspecified atom stereocenters. The smallest absolute Gasteiger partial charge is 0.415 e. The SMILES string of the molecule is CC(C)(C)OC(=O)N(Cc1ccccc1)c1cc(OC2CCCN(C(=O)O)C2)nn2c(C3CC3)cnc12. The van der Waals surface area contributed by atoms with Crippen LogP contribution >= 0.6 is 0 Å². The Labute approximate surface area is 215 Å². The summed E-state index contributed by atoms with van der Waals surface area (Å²) in [6, 6.07) is 11.4. The summed E-state index contributed by atoms with van der Waals surface area (Å²) in [6.07, 6.45) is 3.58. The predicted octanol–water partition coefficient (Wildman–Crippen LogP) is 5.07. The minimum Gasteiger partial charge on any atom is -0.471 e. The number of hydrogen-bond donors (Lipinski definition) is 1. The fourth-order valence-electron chi connectivity index (χ4n) is 4.57. The lowest BCUT2D eigenvalue weighted by Gasteiger charge is -2.31. The molecule has 2 fully saturated rings. The van der Waals surface area contributed by atoms with E-state index in [1.165, 1.54) is 4.90 Å². The highest BCUT2D eigenvalue weighted by Crippen LogP contribution is 2.41. The molecular weight excluding hydrogens is 474 g/mol. The van der Waals surface area contributed by atoms with Crippen LogP contribution in [0, 0.1) is 0 Å². The molecule has 37 heavy (non-hydrogen) atoms. The third-order valence-corrected chi connectivity index (χ3v) is 6.47. The van der Waals surface area contributed by atoms with E-state index >= 15 is 0 Å². The normalized spacial score (nSPS) is 18.0. The molecule has 10 heteroatoms. The standard InChI is InChI=1S/C27H33N5O5/c1-27(2,3)37-26(35)31(16-18-8-5-4-6-9-18)21-14-23(36-20-10-7-13-30(17-20)25(33)34)29-32-22(19-11-12-19)15-28-24(21)32/h4-6,8-9,14-15,19-20H,7,10-13,16-17H2,1-3H3,(H,33,34). The largest absolute Gasteiger partial charge is 0.471 e. The summed E-state index contributed by atoms with van der Waals surface area (Å²) in [7, 11) is 0. The lowest BCUT2D eigenvalue weighted by atomic mass is 10.1. The van der Waals surface area contributed by atoms with Crippen LogP contribution in [0.15, 0.2) is 42.6 Å². The predicted molar refractivity (Wildman–Crippen MR) is 137 cm³/mol. The van der Waals surface area contributed by atoms with Gasteiger partial charge in [-0.2, -0.15) is 0 Å². The summed E-state index contributed by atoms with van der Waals surface area (Å²) in [5, 5.41) is 14.2. The molecule has 0 radical (unpaired) electrons. The number of ether oxygens (including phenoxy) is 2. The van der Waals surface area contributed by atoms with Crippen molar-refractivity contribution >= 4 is 23.5 Å². The van der Waals surface area contributed by atoms with Gasteiger partial charge in [0.15, 0.2) is 5.65 Å². The highest BCUT2D eigenvalue weighted by atomic mass is 16.6. The van der Waals surface area contributed by atoms with Crippen LogP contribution in [-0.4, -0.2) is 61.6 Å². The summed E-state index contributed by atoms with van der Waals surface area (Å²) < 4.78 is 13.8. The molecule has 2 amide bonds. The van der Waals surface area contributed by atoms with Crippen molar-refractivity contribution in [1.82, 2.24) is 19.5 Å². The van der Waals surface area contributed by atoms with E-state index in [0.717, 1.165) is 30.5 Å². The summed E-state index contributed by atoms with van der Waals surface area (Å²) in [6.45, 7) is 6.53. The number of hydrogen-bond acceptors (Lipinski definition) is 6. The second-order valence-corrected chi connectivity index (χ2v) is 10.7. The van der Waals surface area contributed by atoms with Crippen LogP contribution in [-0.2, 0) is 11.3 Å². The van der Waals surface area contributed by atoms with Gasteiger partial charge in [-0.3, -0.25) is 4.90 Å². The number of rotatable bonds is 6. The van der Waals surface area contributed by atoms with Gasteiger partial charge in [0.05, 0.1) is 30.7 Å². The Morgan fingerprint density at radius 3 is 2.59 bits per heavy atom. The number of nitrogens with zero attached hydrogens (tertiary/aromatic N) is 5. The number of carbonyl (C=O) groups excluding carboxylic acids is 1. The Kier molecular flexibility index (Phi) is 6.66. The van der Waals surface area contributed by atoms with Crippen LogP contribution in [0.2, 0.25) is 0 Å². The molecule has 1 saturated heterocycles. The fraction of sp³-hybridized carbons (Fsp3) is 0.481. The van der Waals surface area contributed by atoms with Gasteiger partial charge < -0.3 is 19.5 Å². The third kappa shape index (κ3) is 5.79. The van der Waals surface area contributed by atoms with Crippen LogP contribution in [0.25, 0.3) is 5.65 Å². The van der Waals surface area contributed by atoms with E-state index in [0.29, 0.717) is 36.1 Å². The van der Waals surface area contributed by atoms with E-state index in [1.54, 1.807) is 15.5 Å². The van der Waals surface area contributed by atoms with Gasteiger partial charge in [-0.25, -0.2) is 19.1 Å². The lowest BCUT2D eigenvalue weighted by Crippen LogP contribution is -2.43. The Morgan fingerprint density at radius 2 is 1.92 bits per heavy atom. The minimum absolute atomic E-state index is 0.267. The molecule has 0 bridgehead atoms. The van der Waals surface area contributed by atoms with Gasteiger partial charge in [-0.15, -0.1) is 5.10 Å². The lowest BCUT2D eigenvalue weighted by molar-refractivity contribution is 0.0576. The number of piperidine rings is 1. The van der Waals surface area contributed by atoms with Crippen molar-refractivity contribution < 1.29 is 24.2 Å². The molecule has 0 spiro atoms. The maximum absolute atomic E-state index is 13.5. The number of benzene rings is 1. The first-order valence-corrected chi connectivity index (χ1v) is 12.8. The zero-order valence-electron chi connectivity index (χ0n) is 21.5. The minimum atomic E-state index is -0.956. The quantitative estimate of drug-likeness (QED) is 0.496. The molecule has 2 aliphatic rings. The van der Waals surface area contributed by atoms with E-state index in [9.17, 15) is 14.7 Å². The molecule has 1 N–H and O–H groups in total. The second-order valence-electron chi connectivity index (χ2n) is 10.7. The van der Waals surface area contributed by atoms with Crippen LogP contribution in [0.4, 0.5) is 15.3 Å². The van der Waals surface area contributed by atoms with Crippen molar-refractivity contribution in [2.45, 2.75) is 70.6 Å². The summed E-state index contributed by atoms with van der Waals surface area (Å²) in [5.74, 6) is 0.688. The maximum Gasteiger partial charge on any atom is 0.415 e. The Hall–Kier alpha value is -3.82. The molecule has 1 aromatic carbocycles. The van der Waals surface area contributed by atoms with E-state index in [4.69, 9.17) is 14.6 Å². The summed E-state index contributed by atoms with van der Waals surface area (Å²) in [4.78, 5) is 32.6. The fourth-order valence-corrected chi connectivity index (χ4v) is 4.57. The van der Waals surface area contributed by atoms with Crippen molar-refractivity contribution in [3.05, 3.63) is 53.9 Å². The van der Waals surface area contributed by atoms with E-state index < -0.39 is 17.8 Å². The van der Waals surface area contributed by atoms with Gasteiger partial charge in [0.1, 0.15) is 11.7 Å². The first kappa shape index (κ1) is 24.9. The molecular formula is C27H33N5O5. The number of aromatic nitrogens is 3. The van der Waals surface area contributed by atoms with Crippen molar-refractivity contribution in [3.8, 4) is 5.88 Å². The van der Waals surface area contributed by atoms with Crippen LogP contribution in [0.1, 0.15) is 63.6 Å². The van der Waals surface area contributed by atoms with Crippen molar-refractivity contribution in [2.75, 3.05) is 18.0 Å². The van der Waals surface area contributed by atoms with Gasteiger partial charge in [0.2, 0.25) is 5.88 Å². The highest BCUT2D eigenvalue weighted by Gasteiger charge is 2.32. The van der Waals surface area contributed by atoms with Crippen molar-refractivity contribution in [3.63, 3.8) is 0 Å². The Morgan fingerprint density at radius 1 is 1.16 bits per heavy atom. The van der Waals surface area contributed by atoms with Gasteiger partial charge in [-0.1, -0.05) is 30.3 Å². The van der Waals surface area contributed by atoms with Gasteiger partial charge in [0, 0.05) is 18.5 Å². The number of fused-ring (bicyclic) bond motifs is 1. The zero-order chi connectivity index (χ0) is 26.2. The summed E-state index contributed by atoms with van der Waals surface area (Å²) in [5.41, 5.74) is 2.30. The molecule has 5 rings (SSSR count). The number of likely N-dealkylation sites (tertiary alicyclic amines) is 1. The van der Waals surface area contributed by atoms with Gasteiger partial charge >= 0.3 is 12.2 Å². The van der Waals surface area contributed by atoms with Crippen LogP contribution in [0.3, 0.4) is 0 Å². The molecule has 1 saturated carbocycles. The molecule has 1 aliphatic carbocycles. The first-order chi connectivity index (χ1) is 17.7. The molecule has 2 aromatic heterocycles. The number of carbonyl (C=O) groups is 2. The molecule has 10 nitrogen and oxygen atoms in total.